The summed E-state index contributed by atoms with van der Waals surface area (Å²) in [5.74, 6) is -0.405. The van der Waals surface area contributed by atoms with Gasteiger partial charge in [-0.3, -0.25) is 4.79 Å². The molecule has 0 unspecified atom stereocenters. The van der Waals surface area contributed by atoms with Gasteiger partial charge in [0.25, 0.3) is 0 Å². The van der Waals surface area contributed by atoms with Crippen LogP contribution in [0, 0.1) is 16.7 Å². The van der Waals surface area contributed by atoms with E-state index in [0.29, 0.717) is 19.0 Å². The molecule has 1 aliphatic rings. The molecule has 0 spiro atoms. The third-order valence-corrected chi connectivity index (χ3v) is 5.04. The number of nitrogens with one attached hydrogen (secondary N) is 1. The summed E-state index contributed by atoms with van der Waals surface area (Å²) in [6.45, 7) is 12.1. The van der Waals surface area contributed by atoms with Gasteiger partial charge in [-0.25, -0.2) is 4.79 Å². The van der Waals surface area contributed by atoms with E-state index in [4.69, 9.17) is 5.11 Å². The topological polar surface area (TPSA) is 69.6 Å². The summed E-state index contributed by atoms with van der Waals surface area (Å²) in [4.78, 5) is 24.0. The Morgan fingerprint density at radius 1 is 1.21 bits per heavy atom. The summed E-state index contributed by atoms with van der Waals surface area (Å²) in [6.07, 6.45) is -0.0122. The SMILES string of the molecule is CCN(CCC(=O)O)C(=O)NCC1C(C)(C)C1(C)C. The smallest absolute Gasteiger partial charge is 0.317 e. The largest absolute Gasteiger partial charge is 0.481 e. The number of amides is 2. The third-order valence-electron chi connectivity index (χ3n) is 5.04. The number of hydrogen-bond acceptors (Lipinski definition) is 2. The van der Waals surface area contributed by atoms with E-state index in [-0.39, 0.29) is 29.8 Å². The lowest BCUT2D eigenvalue weighted by Gasteiger charge is -2.20. The molecule has 0 saturated heterocycles. The van der Waals surface area contributed by atoms with Gasteiger partial charge < -0.3 is 15.3 Å². The highest BCUT2D eigenvalue weighted by Gasteiger charge is 2.64. The Balaban J connectivity index is 2.40. The molecule has 2 amide bonds. The molecule has 1 rings (SSSR count). The summed E-state index contributed by atoms with van der Waals surface area (Å²) < 4.78 is 0. The maximum atomic E-state index is 12.0. The lowest BCUT2D eigenvalue weighted by molar-refractivity contribution is -0.137. The molecular formula is C14H26N2O3. The normalized spacial score (nSPS) is 19.8. The standard InChI is InChI=1S/C14H26N2O3/c1-6-16(8-7-11(17)18)12(19)15-9-10-13(2,3)14(10,4)5/h10H,6-9H2,1-5H3,(H,15,19)(H,17,18). The summed E-state index contributed by atoms with van der Waals surface area (Å²) >= 11 is 0. The van der Waals surface area contributed by atoms with Crippen LogP contribution in [-0.4, -0.2) is 41.6 Å². The van der Waals surface area contributed by atoms with Crippen LogP contribution in [0.3, 0.4) is 0 Å². The highest BCUT2D eigenvalue weighted by molar-refractivity contribution is 5.75. The van der Waals surface area contributed by atoms with Gasteiger partial charge in [0, 0.05) is 19.6 Å². The number of nitrogens with zero attached hydrogens (tertiary/aromatic N) is 1. The van der Waals surface area contributed by atoms with Gasteiger partial charge in [0.2, 0.25) is 0 Å². The molecule has 5 heteroatoms. The predicted molar refractivity (Wildman–Crippen MR) is 74.0 cm³/mol. The quantitative estimate of drug-likeness (QED) is 0.777. The van der Waals surface area contributed by atoms with Gasteiger partial charge in [0.15, 0.2) is 0 Å². The Hall–Kier alpha value is -1.26. The zero-order chi connectivity index (χ0) is 14.8. The first-order valence-electron chi connectivity index (χ1n) is 6.89. The lowest BCUT2D eigenvalue weighted by Crippen LogP contribution is -2.42. The molecule has 0 atom stereocenters. The Morgan fingerprint density at radius 2 is 1.74 bits per heavy atom. The molecule has 0 aromatic carbocycles. The van der Waals surface area contributed by atoms with E-state index in [0.717, 1.165) is 0 Å². The fourth-order valence-electron chi connectivity index (χ4n) is 2.78. The number of carboxylic acids is 1. The molecule has 1 aliphatic carbocycles. The molecule has 2 N–H and O–H groups in total. The van der Waals surface area contributed by atoms with Gasteiger partial charge in [-0.2, -0.15) is 0 Å². The molecular weight excluding hydrogens is 244 g/mol. The molecule has 0 aliphatic heterocycles. The van der Waals surface area contributed by atoms with Crippen molar-refractivity contribution in [3.05, 3.63) is 0 Å². The molecule has 1 saturated carbocycles. The highest BCUT2D eigenvalue weighted by Crippen LogP contribution is 2.67. The number of urea groups is 1. The minimum atomic E-state index is -0.879. The first kappa shape index (κ1) is 15.8. The fourth-order valence-corrected chi connectivity index (χ4v) is 2.78. The summed E-state index contributed by atoms with van der Waals surface area (Å²) in [5.41, 5.74) is 0.497. The molecule has 1 fully saturated rings. The van der Waals surface area contributed by atoms with Crippen molar-refractivity contribution >= 4 is 12.0 Å². The second kappa shape index (κ2) is 5.39. The molecule has 5 nitrogen and oxygen atoms in total. The fraction of sp³-hybridized carbons (Fsp3) is 0.857. The molecule has 0 heterocycles. The number of carbonyl (C=O) groups is 2. The van der Waals surface area contributed by atoms with E-state index in [1.165, 1.54) is 4.90 Å². The van der Waals surface area contributed by atoms with E-state index in [1.807, 2.05) is 6.92 Å². The third kappa shape index (κ3) is 3.19. The number of hydrogen-bond donors (Lipinski definition) is 2. The van der Waals surface area contributed by atoms with Gasteiger partial charge in [0.1, 0.15) is 0 Å². The van der Waals surface area contributed by atoms with Crippen molar-refractivity contribution in [3.8, 4) is 0 Å². The van der Waals surface area contributed by atoms with E-state index < -0.39 is 5.97 Å². The maximum Gasteiger partial charge on any atom is 0.317 e. The summed E-state index contributed by atoms with van der Waals surface area (Å²) in [7, 11) is 0. The van der Waals surface area contributed by atoms with Crippen LogP contribution in [0.1, 0.15) is 41.0 Å². The van der Waals surface area contributed by atoms with Crippen molar-refractivity contribution in [1.82, 2.24) is 10.2 Å². The molecule has 0 bridgehead atoms. The lowest BCUT2D eigenvalue weighted by atomic mass is 10.0. The van der Waals surface area contributed by atoms with Crippen molar-refractivity contribution in [3.63, 3.8) is 0 Å². The Labute approximate surface area is 115 Å². The van der Waals surface area contributed by atoms with Crippen molar-refractivity contribution in [1.29, 1.82) is 0 Å². The molecule has 0 aromatic heterocycles. The Kier molecular flexibility index (Phi) is 4.48. The van der Waals surface area contributed by atoms with Gasteiger partial charge in [-0.05, 0) is 23.7 Å². The molecule has 0 aromatic rings. The second-order valence-electron chi connectivity index (χ2n) is 6.41. The minimum Gasteiger partial charge on any atom is -0.481 e. The van der Waals surface area contributed by atoms with Crippen LogP contribution in [0.25, 0.3) is 0 Å². The number of rotatable bonds is 6. The average Bonchev–Trinajstić information content (AvgIpc) is 2.67. The number of aliphatic carboxylic acids is 1. The van der Waals surface area contributed by atoms with Crippen LogP contribution in [0.2, 0.25) is 0 Å². The number of carboxylic acid groups (broad SMARTS) is 1. The Morgan fingerprint density at radius 3 is 2.11 bits per heavy atom. The second-order valence-corrected chi connectivity index (χ2v) is 6.41. The first-order chi connectivity index (χ1) is 8.64. The molecule has 0 radical (unpaired) electrons. The monoisotopic (exact) mass is 270 g/mol. The predicted octanol–water partition coefficient (Wildman–Crippen LogP) is 2.17. The van der Waals surface area contributed by atoms with Crippen LogP contribution in [0.4, 0.5) is 4.79 Å². The van der Waals surface area contributed by atoms with E-state index in [9.17, 15) is 9.59 Å². The van der Waals surface area contributed by atoms with Crippen LogP contribution >= 0.6 is 0 Å². The van der Waals surface area contributed by atoms with Crippen LogP contribution in [0.5, 0.6) is 0 Å². The van der Waals surface area contributed by atoms with E-state index >= 15 is 0 Å². The minimum absolute atomic E-state index is 0.0122. The first-order valence-corrected chi connectivity index (χ1v) is 6.89. The van der Waals surface area contributed by atoms with Gasteiger partial charge in [-0.1, -0.05) is 27.7 Å². The van der Waals surface area contributed by atoms with Gasteiger partial charge >= 0.3 is 12.0 Å². The zero-order valence-corrected chi connectivity index (χ0v) is 12.6. The molecule has 19 heavy (non-hydrogen) atoms. The number of carbonyl (C=O) groups excluding carboxylic acids is 1. The van der Waals surface area contributed by atoms with Crippen molar-refractivity contribution < 1.29 is 14.7 Å². The summed E-state index contributed by atoms with van der Waals surface area (Å²) in [6, 6.07) is -0.165. The van der Waals surface area contributed by atoms with E-state index in [1.54, 1.807) is 0 Å². The Bertz CT molecular complexity index is 350. The van der Waals surface area contributed by atoms with Crippen LogP contribution in [-0.2, 0) is 4.79 Å². The van der Waals surface area contributed by atoms with Crippen molar-refractivity contribution in [2.24, 2.45) is 16.7 Å². The van der Waals surface area contributed by atoms with Gasteiger partial charge in [0.05, 0.1) is 6.42 Å². The van der Waals surface area contributed by atoms with Crippen LogP contribution < -0.4 is 5.32 Å². The van der Waals surface area contributed by atoms with E-state index in [2.05, 4.69) is 33.0 Å². The summed E-state index contributed by atoms with van der Waals surface area (Å²) in [5, 5.41) is 11.6. The maximum absolute atomic E-state index is 12.0. The van der Waals surface area contributed by atoms with Crippen molar-refractivity contribution in [2.45, 2.75) is 41.0 Å². The zero-order valence-electron chi connectivity index (χ0n) is 12.6. The molecule has 110 valence electrons. The van der Waals surface area contributed by atoms with Crippen molar-refractivity contribution in [2.75, 3.05) is 19.6 Å². The average molecular weight is 270 g/mol. The highest BCUT2D eigenvalue weighted by atomic mass is 16.4. The van der Waals surface area contributed by atoms with Crippen LogP contribution in [0.15, 0.2) is 0 Å². The van der Waals surface area contributed by atoms with Gasteiger partial charge in [-0.15, -0.1) is 0 Å².